The Morgan fingerprint density at radius 1 is 1.00 bits per heavy atom. The number of amides is 4. The van der Waals surface area contributed by atoms with Gasteiger partial charge in [-0.25, -0.2) is 4.90 Å². The zero-order valence-electron chi connectivity index (χ0n) is 23.1. The standard InChI is InChI=1S/C31H36N4O6/c1-20-9-8-18-35(20,31(40)41)28(26(36)17-16-21-10-3-2-4-11-21)34(30(39)25(32)19-27(33)37)29(38)24-15-7-13-22-12-5-6-14-23(22)24/h2-7,10-15,20,25-26,28,36H,8-9,16-19,32H2,1H3,(H2-,33,37,40,41)/p+1/t20?,25-,26+,28?,35?/m0/s1. The van der Waals surface area contributed by atoms with Crippen LogP contribution in [0.25, 0.3) is 10.8 Å². The smallest absolute Gasteiger partial charge is 0.435 e. The minimum absolute atomic E-state index is 0.0757. The highest BCUT2D eigenvalue weighted by Gasteiger charge is 2.59. The van der Waals surface area contributed by atoms with E-state index in [0.717, 1.165) is 15.8 Å². The molecular weight excluding hydrogens is 524 g/mol. The molecule has 1 aliphatic rings. The molecule has 0 aromatic heterocycles. The first-order valence-electron chi connectivity index (χ1n) is 13.8. The van der Waals surface area contributed by atoms with Crippen LogP contribution >= 0.6 is 0 Å². The number of primary amides is 1. The molecule has 3 aromatic carbocycles. The molecule has 4 rings (SSSR count). The van der Waals surface area contributed by atoms with Gasteiger partial charge in [-0.05, 0) is 42.2 Å². The summed E-state index contributed by atoms with van der Waals surface area (Å²) in [4.78, 5) is 54.1. The van der Waals surface area contributed by atoms with Crippen LogP contribution in [0.15, 0.2) is 72.8 Å². The number of quaternary nitrogens is 1. The van der Waals surface area contributed by atoms with Gasteiger partial charge in [-0.1, -0.05) is 66.7 Å². The van der Waals surface area contributed by atoms with E-state index in [0.29, 0.717) is 24.6 Å². The summed E-state index contributed by atoms with van der Waals surface area (Å²) in [6.45, 7) is 1.84. The van der Waals surface area contributed by atoms with Gasteiger partial charge in [0.05, 0.1) is 25.0 Å². The summed E-state index contributed by atoms with van der Waals surface area (Å²) in [6.07, 6.45) is -3.24. The second kappa shape index (κ2) is 12.6. The Kier molecular flexibility index (Phi) is 9.17. The lowest BCUT2D eigenvalue weighted by Crippen LogP contribution is -2.72. The van der Waals surface area contributed by atoms with Crippen LogP contribution in [0, 0.1) is 0 Å². The van der Waals surface area contributed by atoms with Crippen LogP contribution in [-0.4, -0.2) is 74.3 Å². The SMILES string of the molecule is CC1CCC[N+]1(C(=O)O)C([C@H](O)CCc1ccccc1)N(C(=O)c1cccc2ccccc12)C(=O)[C@@H](N)CC(N)=O. The predicted octanol–water partition coefficient (Wildman–Crippen LogP) is 3.01. The minimum Gasteiger partial charge on any atom is -0.435 e. The summed E-state index contributed by atoms with van der Waals surface area (Å²) in [5.41, 5.74) is 12.5. The molecule has 0 radical (unpaired) electrons. The number of nitrogens with zero attached hydrogens (tertiary/aromatic N) is 2. The highest BCUT2D eigenvalue weighted by Crippen LogP contribution is 2.36. The van der Waals surface area contributed by atoms with Gasteiger partial charge >= 0.3 is 6.09 Å². The van der Waals surface area contributed by atoms with Crippen molar-refractivity contribution in [3.8, 4) is 0 Å². The van der Waals surface area contributed by atoms with Crippen molar-refractivity contribution in [1.82, 2.24) is 4.90 Å². The molecule has 1 saturated heterocycles. The maximum Gasteiger partial charge on any atom is 0.515 e. The maximum absolute atomic E-state index is 14.5. The Labute approximate surface area is 238 Å². The van der Waals surface area contributed by atoms with Crippen LogP contribution in [-0.2, 0) is 16.0 Å². The molecule has 1 fully saturated rings. The number of benzene rings is 3. The highest BCUT2D eigenvalue weighted by molar-refractivity contribution is 6.13. The van der Waals surface area contributed by atoms with E-state index < -0.39 is 59.1 Å². The number of rotatable bonds is 10. The number of aliphatic hydroxyl groups excluding tert-OH is 1. The minimum atomic E-state index is -1.51. The zero-order chi connectivity index (χ0) is 29.7. The molecule has 41 heavy (non-hydrogen) atoms. The monoisotopic (exact) mass is 561 g/mol. The molecule has 0 bridgehead atoms. The molecule has 0 saturated carbocycles. The largest absolute Gasteiger partial charge is 0.515 e. The number of aryl methyl sites for hydroxylation is 1. The molecule has 10 nitrogen and oxygen atoms in total. The fourth-order valence-electron chi connectivity index (χ4n) is 6.06. The van der Waals surface area contributed by atoms with Crippen molar-refractivity contribution in [2.45, 2.75) is 63.4 Å². The molecule has 0 aliphatic carbocycles. The lowest BCUT2D eigenvalue weighted by molar-refractivity contribution is -0.904. The fourth-order valence-corrected chi connectivity index (χ4v) is 6.06. The lowest BCUT2D eigenvalue weighted by Gasteiger charge is -2.46. The van der Waals surface area contributed by atoms with Crippen LogP contribution in [0.1, 0.15) is 48.5 Å². The number of carbonyl (C=O) groups excluding carboxylic acids is 3. The van der Waals surface area contributed by atoms with Crippen LogP contribution < -0.4 is 11.5 Å². The number of aliphatic hydroxyl groups is 1. The van der Waals surface area contributed by atoms with E-state index in [1.54, 1.807) is 31.2 Å². The van der Waals surface area contributed by atoms with Gasteiger partial charge in [0, 0.05) is 18.4 Å². The van der Waals surface area contributed by atoms with Crippen LogP contribution in [0.5, 0.6) is 0 Å². The van der Waals surface area contributed by atoms with Crippen molar-refractivity contribution in [1.29, 1.82) is 0 Å². The van der Waals surface area contributed by atoms with Gasteiger partial charge < -0.3 is 21.7 Å². The molecule has 6 N–H and O–H groups in total. The summed E-state index contributed by atoms with van der Waals surface area (Å²) < 4.78 is -0.721. The normalized spacial score (nSPS) is 20.7. The van der Waals surface area contributed by atoms with Crippen LogP contribution in [0.3, 0.4) is 0 Å². The number of carbonyl (C=O) groups is 4. The van der Waals surface area contributed by atoms with Gasteiger partial charge in [0.15, 0.2) is 0 Å². The van der Waals surface area contributed by atoms with Gasteiger partial charge in [0.25, 0.3) is 11.8 Å². The van der Waals surface area contributed by atoms with E-state index >= 15 is 0 Å². The van der Waals surface area contributed by atoms with Gasteiger partial charge in [-0.3, -0.25) is 14.4 Å². The van der Waals surface area contributed by atoms with Crippen molar-refractivity contribution >= 4 is 34.6 Å². The average molecular weight is 562 g/mol. The molecule has 5 atom stereocenters. The molecule has 10 heteroatoms. The quantitative estimate of drug-likeness (QED) is 0.276. The second-order valence-electron chi connectivity index (χ2n) is 10.8. The zero-order valence-corrected chi connectivity index (χ0v) is 23.1. The number of likely N-dealkylation sites (tertiary alicyclic amines) is 1. The van der Waals surface area contributed by atoms with Crippen molar-refractivity contribution in [2.24, 2.45) is 11.5 Å². The molecule has 216 valence electrons. The first-order valence-corrected chi connectivity index (χ1v) is 13.8. The van der Waals surface area contributed by atoms with E-state index in [1.165, 1.54) is 0 Å². The third-order valence-corrected chi connectivity index (χ3v) is 8.16. The van der Waals surface area contributed by atoms with Gasteiger partial charge in [0.1, 0.15) is 6.10 Å². The summed E-state index contributed by atoms with van der Waals surface area (Å²) in [5, 5.41) is 23.8. The molecule has 0 spiro atoms. The summed E-state index contributed by atoms with van der Waals surface area (Å²) in [7, 11) is 0. The Balaban J connectivity index is 1.89. The molecule has 3 aromatic rings. The van der Waals surface area contributed by atoms with Crippen molar-refractivity contribution < 1.29 is 33.9 Å². The Bertz CT molecular complexity index is 1430. The number of imide groups is 1. The molecule has 1 heterocycles. The third kappa shape index (κ3) is 6.00. The number of carboxylic acid groups (broad SMARTS) is 1. The third-order valence-electron chi connectivity index (χ3n) is 8.16. The van der Waals surface area contributed by atoms with Crippen LogP contribution in [0.2, 0.25) is 0 Å². The molecule has 1 aliphatic heterocycles. The summed E-state index contributed by atoms with van der Waals surface area (Å²) >= 11 is 0. The molecule has 4 amide bonds. The average Bonchev–Trinajstić information content (AvgIpc) is 3.35. The summed E-state index contributed by atoms with van der Waals surface area (Å²) in [6, 6.07) is 19.5. The van der Waals surface area contributed by atoms with Gasteiger partial charge in [0.2, 0.25) is 12.1 Å². The maximum atomic E-state index is 14.5. The molecular formula is C31H37N4O6+. The van der Waals surface area contributed by atoms with Gasteiger partial charge in [-0.15, -0.1) is 0 Å². The van der Waals surface area contributed by atoms with Crippen molar-refractivity contribution in [3.63, 3.8) is 0 Å². The highest BCUT2D eigenvalue weighted by atomic mass is 16.4. The molecule has 3 unspecified atom stereocenters. The first-order chi connectivity index (χ1) is 19.6. The van der Waals surface area contributed by atoms with Gasteiger partial charge in [-0.2, -0.15) is 9.28 Å². The Morgan fingerprint density at radius 3 is 2.29 bits per heavy atom. The second-order valence-corrected chi connectivity index (χ2v) is 10.8. The van der Waals surface area contributed by atoms with E-state index in [9.17, 15) is 29.4 Å². The van der Waals surface area contributed by atoms with E-state index in [4.69, 9.17) is 11.5 Å². The van der Waals surface area contributed by atoms with E-state index in [1.807, 2.05) is 48.5 Å². The van der Waals surface area contributed by atoms with E-state index in [-0.39, 0.29) is 18.5 Å². The van der Waals surface area contributed by atoms with Crippen molar-refractivity contribution in [2.75, 3.05) is 6.54 Å². The number of hydrogen-bond donors (Lipinski definition) is 4. The number of nitrogens with two attached hydrogens (primary N) is 2. The number of hydrogen-bond acceptors (Lipinski definition) is 6. The fraction of sp³-hybridized carbons (Fsp3) is 0.355. The number of fused-ring (bicyclic) bond motifs is 1. The Hall–Kier alpha value is -4.12. The Morgan fingerprint density at radius 2 is 1.66 bits per heavy atom. The first kappa shape index (κ1) is 29.9. The van der Waals surface area contributed by atoms with E-state index in [2.05, 4.69) is 0 Å². The lowest BCUT2D eigenvalue weighted by atomic mass is 9.98. The topological polar surface area (TPSA) is 164 Å². The predicted molar refractivity (Wildman–Crippen MR) is 153 cm³/mol. The summed E-state index contributed by atoms with van der Waals surface area (Å²) in [5.74, 6) is -2.61. The van der Waals surface area contributed by atoms with Crippen LogP contribution in [0.4, 0.5) is 4.79 Å². The van der Waals surface area contributed by atoms with Crippen molar-refractivity contribution in [3.05, 3.63) is 83.9 Å².